The van der Waals surface area contributed by atoms with Crippen LogP contribution in [0.5, 0.6) is 11.5 Å². The Morgan fingerprint density at radius 1 is 0.941 bits per heavy atom. The van der Waals surface area contributed by atoms with Gasteiger partial charge < -0.3 is 19.7 Å². The van der Waals surface area contributed by atoms with Crippen LogP contribution < -0.4 is 14.8 Å². The van der Waals surface area contributed by atoms with Gasteiger partial charge in [-0.2, -0.15) is 0 Å². The maximum absolute atomic E-state index is 13.4. The molecule has 1 N–H and O–H groups in total. The minimum atomic E-state index is -0.568. The maximum atomic E-state index is 13.4. The lowest BCUT2D eigenvalue weighted by Crippen LogP contribution is -2.49. The van der Waals surface area contributed by atoms with Crippen LogP contribution in [0.15, 0.2) is 42.5 Å². The molecule has 2 aromatic rings. The van der Waals surface area contributed by atoms with Crippen LogP contribution in [0.25, 0.3) is 0 Å². The van der Waals surface area contributed by atoms with Crippen molar-refractivity contribution < 1.29 is 19.1 Å². The zero-order valence-corrected chi connectivity index (χ0v) is 21.5. The Labute approximate surface area is 204 Å². The average Bonchev–Trinajstić information content (AvgIpc) is 2.82. The molecule has 6 nitrogen and oxygen atoms in total. The van der Waals surface area contributed by atoms with E-state index in [1.54, 1.807) is 11.8 Å². The van der Waals surface area contributed by atoms with Crippen molar-refractivity contribution in [3.05, 3.63) is 59.2 Å². The molecule has 0 bridgehead atoms. The Morgan fingerprint density at radius 2 is 1.65 bits per heavy atom. The van der Waals surface area contributed by atoms with Gasteiger partial charge in [-0.25, -0.2) is 0 Å². The molecule has 6 heteroatoms. The van der Waals surface area contributed by atoms with Crippen molar-refractivity contribution in [3.63, 3.8) is 0 Å². The molecule has 2 aromatic carbocycles. The van der Waals surface area contributed by atoms with E-state index >= 15 is 0 Å². The van der Waals surface area contributed by atoms with Crippen LogP contribution in [0.1, 0.15) is 64.2 Å². The predicted molar refractivity (Wildman–Crippen MR) is 136 cm³/mol. The van der Waals surface area contributed by atoms with E-state index in [0.29, 0.717) is 44.1 Å². The molecular formula is C28H40N2O4. The fourth-order valence-corrected chi connectivity index (χ4v) is 3.70. The van der Waals surface area contributed by atoms with E-state index < -0.39 is 6.04 Å². The lowest BCUT2D eigenvalue weighted by atomic mass is 10.1. The van der Waals surface area contributed by atoms with Gasteiger partial charge in [-0.15, -0.1) is 0 Å². The number of benzene rings is 2. The zero-order chi connectivity index (χ0) is 25.1. The molecule has 2 rings (SSSR count). The van der Waals surface area contributed by atoms with Gasteiger partial charge in [-0.1, -0.05) is 42.8 Å². The van der Waals surface area contributed by atoms with E-state index in [1.807, 2.05) is 71.0 Å². The molecule has 0 saturated heterocycles. The highest BCUT2D eigenvalue weighted by Crippen LogP contribution is 2.29. The molecule has 2 atom stereocenters. The Morgan fingerprint density at radius 3 is 2.29 bits per heavy atom. The number of amides is 2. The van der Waals surface area contributed by atoms with E-state index in [1.165, 1.54) is 0 Å². The normalized spacial score (nSPS) is 12.5. The summed E-state index contributed by atoms with van der Waals surface area (Å²) >= 11 is 0. The minimum absolute atomic E-state index is 0.0554. The number of hydrogen-bond acceptors (Lipinski definition) is 4. The van der Waals surface area contributed by atoms with Crippen LogP contribution in [0.2, 0.25) is 0 Å². The van der Waals surface area contributed by atoms with Crippen molar-refractivity contribution in [1.82, 2.24) is 10.2 Å². The first-order chi connectivity index (χ1) is 16.3. The molecule has 34 heavy (non-hydrogen) atoms. The Hall–Kier alpha value is -3.02. The van der Waals surface area contributed by atoms with Crippen molar-refractivity contribution in [2.75, 3.05) is 13.2 Å². The second-order valence-corrected chi connectivity index (χ2v) is 8.65. The summed E-state index contributed by atoms with van der Waals surface area (Å²) < 4.78 is 11.4. The zero-order valence-electron chi connectivity index (χ0n) is 21.5. The Balaban J connectivity index is 2.18. The van der Waals surface area contributed by atoms with Gasteiger partial charge in [-0.3, -0.25) is 9.59 Å². The smallest absolute Gasteiger partial charge is 0.242 e. The summed E-state index contributed by atoms with van der Waals surface area (Å²) in [5.41, 5.74) is 3.13. The van der Waals surface area contributed by atoms with Crippen LogP contribution >= 0.6 is 0 Å². The lowest BCUT2D eigenvalue weighted by molar-refractivity contribution is -0.140. The second-order valence-electron chi connectivity index (χ2n) is 8.65. The first-order valence-corrected chi connectivity index (χ1v) is 12.3. The first-order valence-electron chi connectivity index (χ1n) is 12.3. The van der Waals surface area contributed by atoms with Gasteiger partial charge in [0.05, 0.1) is 13.2 Å². The van der Waals surface area contributed by atoms with E-state index in [2.05, 4.69) is 11.4 Å². The van der Waals surface area contributed by atoms with Gasteiger partial charge in [0.1, 0.15) is 6.04 Å². The van der Waals surface area contributed by atoms with Gasteiger partial charge in [-0.05, 0) is 70.7 Å². The molecule has 0 aliphatic rings. The molecular weight excluding hydrogens is 428 g/mol. The van der Waals surface area contributed by atoms with Gasteiger partial charge in [0.15, 0.2) is 11.5 Å². The predicted octanol–water partition coefficient (Wildman–Crippen LogP) is 5.06. The number of nitrogens with one attached hydrogen (secondary N) is 1. The molecule has 0 saturated carbocycles. The SMILES string of the molecule is CCOc1ccc(CCC(=O)N(Cc2cccc(C)c2)[C@@H](C)C(=O)N[C@@H](C)CC)cc1OCC. The summed E-state index contributed by atoms with van der Waals surface area (Å²) in [5, 5.41) is 3.01. The maximum Gasteiger partial charge on any atom is 0.242 e. The van der Waals surface area contributed by atoms with Crippen LogP contribution in [-0.4, -0.2) is 42.0 Å². The molecule has 0 fully saturated rings. The van der Waals surface area contributed by atoms with Crippen LogP contribution in [0.3, 0.4) is 0 Å². The van der Waals surface area contributed by atoms with Gasteiger partial charge in [0, 0.05) is 19.0 Å². The van der Waals surface area contributed by atoms with Crippen molar-refractivity contribution in [2.24, 2.45) is 0 Å². The number of hydrogen-bond donors (Lipinski definition) is 1. The van der Waals surface area contributed by atoms with E-state index in [4.69, 9.17) is 9.47 Å². The monoisotopic (exact) mass is 468 g/mol. The number of carbonyl (C=O) groups is 2. The summed E-state index contributed by atoms with van der Waals surface area (Å²) in [4.78, 5) is 27.9. The summed E-state index contributed by atoms with van der Waals surface area (Å²) in [6.07, 6.45) is 1.69. The molecule has 0 radical (unpaired) electrons. The molecule has 2 amide bonds. The Bertz CT molecular complexity index is 944. The molecule has 186 valence electrons. The fourth-order valence-electron chi connectivity index (χ4n) is 3.70. The van der Waals surface area contributed by atoms with Crippen molar-refractivity contribution in [1.29, 1.82) is 0 Å². The third kappa shape index (κ3) is 8.08. The van der Waals surface area contributed by atoms with Crippen LogP contribution in [0.4, 0.5) is 0 Å². The number of rotatable bonds is 13. The topological polar surface area (TPSA) is 67.9 Å². The van der Waals surface area contributed by atoms with Crippen molar-refractivity contribution >= 4 is 11.8 Å². The fraction of sp³-hybridized carbons (Fsp3) is 0.500. The molecule has 0 spiro atoms. The highest BCUT2D eigenvalue weighted by molar-refractivity contribution is 5.87. The van der Waals surface area contributed by atoms with Gasteiger partial charge >= 0.3 is 0 Å². The van der Waals surface area contributed by atoms with E-state index in [-0.39, 0.29) is 17.9 Å². The highest BCUT2D eigenvalue weighted by atomic mass is 16.5. The van der Waals surface area contributed by atoms with Gasteiger partial charge in [0.2, 0.25) is 11.8 Å². The van der Waals surface area contributed by atoms with Gasteiger partial charge in [0.25, 0.3) is 0 Å². The quantitative estimate of drug-likeness (QED) is 0.446. The first kappa shape index (κ1) is 27.2. The third-order valence-electron chi connectivity index (χ3n) is 5.84. The average molecular weight is 469 g/mol. The second kappa shape index (κ2) is 13.6. The number of nitrogens with zero attached hydrogens (tertiary/aromatic N) is 1. The van der Waals surface area contributed by atoms with E-state index in [9.17, 15) is 9.59 Å². The molecule has 0 unspecified atom stereocenters. The molecule has 0 aliphatic heterocycles. The highest BCUT2D eigenvalue weighted by Gasteiger charge is 2.26. The minimum Gasteiger partial charge on any atom is -0.490 e. The summed E-state index contributed by atoms with van der Waals surface area (Å²) in [5.74, 6) is 1.21. The summed E-state index contributed by atoms with van der Waals surface area (Å²) in [7, 11) is 0. The number of carbonyl (C=O) groups excluding carboxylic acids is 2. The molecule has 0 aliphatic carbocycles. The Kier molecular flexibility index (Phi) is 10.9. The molecule has 0 heterocycles. The third-order valence-corrected chi connectivity index (χ3v) is 5.84. The largest absolute Gasteiger partial charge is 0.490 e. The van der Waals surface area contributed by atoms with Crippen LogP contribution in [-0.2, 0) is 22.6 Å². The van der Waals surface area contributed by atoms with E-state index in [0.717, 1.165) is 23.1 Å². The summed E-state index contributed by atoms with van der Waals surface area (Å²) in [6, 6.07) is 13.3. The standard InChI is InChI=1S/C28H40N2O4/c1-7-21(5)29-28(32)22(6)30(19-24-12-10-11-20(4)17-24)27(31)16-14-23-13-15-25(33-8-2)26(18-23)34-9-3/h10-13,15,17-18,21-22H,7-9,14,16,19H2,1-6H3,(H,29,32)/t21-,22-/m0/s1. The van der Waals surface area contributed by atoms with Crippen molar-refractivity contribution in [2.45, 2.75) is 79.4 Å². The molecule has 0 aromatic heterocycles. The van der Waals surface area contributed by atoms with Crippen LogP contribution in [0, 0.1) is 6.92 Å². The number of ether oxygens (including phenoxy) is 2. The summed E-state index contributed by atoms with van der Waals surface area (Å²) in [6.45, 7) is 13.2. The number of aryl methyl sites for hydroxylation is 2. The van der Waals surface area contributed by atoms with Crippen molar-refractivity contribution in [3.8, 4) is 11.5 Å². The lowest BCUT2D eigenvalue weighted by Gasteiger charge is -2.30.